The van der Waals surface area contributed by atoms with Crippen LogP contribution in [0.25, 0.3) is 0 Å². The molecule has 0 aliphatic carbocycles. The van der Waals surface area contributed by atoms with Gasteiger partial charge in [0.05, 0.1) is 6.42 Å². The monoisotopic (exact) mass is 318 g/mol. The quantitative estimate of drug-likeness (QED) is 0.865. The summed E-state index contributed by atoms with van der Waals surface area (Å²) < 4.78 is 13.6. The van der Waals surface area contributed by atoms with E-state index in [2.05, 4.69) is 22.4 Å². The Morgan fingerprint density at radius 1 is 1.09 bits per heavy atom. The molecule has 1 saturated heterocycles. The maximum atomic E-state index is 13.6. The number of hydrogen-bond donors (Lipinski definition) is 0. The maximum Gasteiger partial charge on any atom is 0.227 e. The van der Waals surface area contributed by atoms with Gasteiger partial charge in [0.15, 0.2) is 0 Å². The third-order valence-electron chi connectivity index (χ3n) is 3.98. The van der Waals surface area contributed by atoms with Crippen molar-refractivity contribution in [2.45, 2.75) is 13.0 Å². The summed E-state index contributed by atoms with van der Waals surface area (Å²) in [5, 5.41) is 2.09. The van der Waals surface area contributed by atoms with Crippen molar-refractivity contribution >= 4 is 17.2 Å². The molecular weight excluding hydrogens is 299 g/mol. The molecule has 0 spiro atoms. The van der Waals surface area contributed by atoms with E-state index >= 15 is 0 Å². The van der Waals surface area contributed by atoms with Crippen LogP contribution in [0.5, 0.6) is 0 Å². The van der Waals surface area contributed by atoms with Crippen LogP contribution in [0, 0.1) is 5.82 Å². The van der Waals surface area contributed by atoms with Crippen molar-refractivity contribution in [3.8, 4) is 0 Å². The molecule has 1 aromatic carbocycles. The van der Waals surface area contributed by atoms with E-state index in [0.717, 1.165) is 32.7 Å². The van der Waals surface area contributed by atoms with E-state index in [1.165, 1.54) is 10.9 Å². The van der Waals surface area contributed by atoms with Gasteiger partial charge in [-0.05, 0) is 23.1 Å². The number of amides is 1. The Kier molecular flexibility index (Phi) is 4.85. The van der Waals surface area contributed by atoms with E-state index in [4.69, 9.17) is 0 Å². The highest BCUT2D eigenvalue weighted by Crippen LogP contribution is 2.14. The van der Waals surface area contributed by atoms with Crippen LogP contribution in [0.15, 0.2) is 41.8 Å². The lowest BCUT2D eigenvalue weighted by atomic mass is 10.1. The zero-order valence-corrected chi connectivity index (χ0v) is 13.2. The number of carbonyl (C=O) groups is 1. The summed E-state index contributed by atoms with van der Waals surface area (Å²) in [6, 6.07) is 10.7. The number of thiophene rings is 1. The van der Waals surface area contributed by atoms with Gasteiger partial charge in [-0.2, -0.15) is 0 Å². The highest BCUT2D eigenvalue weighted by atomic mass is 32.1. The lowest BCUT2D eigenvalue weighted by Gasteiger charge is -2.34. The largest absolute Gasteiger partial charge is 0.340 e. The number of halogens is 1. The second kappa shape index (κ2) is 7.03. The van der Waals surface area contributed by atoms with Crippen molar-refractivity contribution in [2.24, 2.45) is 0 Å². The molecule has 1 aliphatic heterocycles. The fourth-order valence-corrected chi connectivity index (χ4v) is 3.44. The van der Waals surface area contributed by atoms with E-state index < -0.39 is 0 Å². The molecule has 2 heterocycles. The van der Waals surface area contributed by atoms with Crippen LogP contribution in [0.2, 0.25) is 0 Å². The Balaban J connectivity index is 1.50. The smallest absolute Gasteiger partial charge is 0.227 e. The summed E-state index contributed by atoms with van der Waals surface area (Å²) in [5.74, 6) is -0.284. The summed E-state index contributed by atoms with van der Waals surface area (Å²) in [4.78, 5) is 17.8. The van der Waals surface area contributed by atoms with Crippen LogP contribution in [-0.2, 0) is 17.8 Å². The third kappa shape index (κ3) is 3.72. The van der Waals surface area contributed by atoms with Gasteiger partial charge in [-0.15, -0.1) is 11.3 Å². The minimum atomic E-state index is -0.299. The highest BCUT2D eigenvalue weighted by Gasteiger charge is 2.22. The summed E-state index contributed by atoms with van der Waals surface area (Å²) in [7, 11) is 0. The van der Waals surface area contributed by atoms with Gasteiger partial charge < -0.3 is 4.90 Å². The minimum Gasteiger partial charge on any atom is -0.340 e. The van der Waals surface area contributed by atoms with Gasteiger partial charge in [0, 0.05) is 37.6 Å². The van der Waals surface area contributed by atoms with E-state index in [1.54, 1.807) is 29.5 Å². The topological polar surface area (TPSA) is 23.6 Å². The molecular formula is C17H19FN2OS. The number of nitrogens with zero attached hydrogens (tertiary/aromatic N) is 2. The first-order chi connectivity index (χ1) is 10.7. The van der Waals surface area contributed by atoms with Gasteiger partial charge in [0.25, 0.3) is 0 Å². The molecule has 1 amide bonds. The van der Waals surface area contributed by atoms with Crippen LogP contribution in [-0.4, -0.2) is 41.9 Å². The fraction of sp³-hybridized carbons (Fsp3) is 0.353. The third-order valence-corrected chi connectivity index (χ3v) is 4.85. The molecule has 0 radical (unpaired) electrons. The first-order valence-electron chi connectivity index (χ1n) is 7.48. The minimum absolute atomic E-state index is 0.0147. The van der Waals surface area contributed by atoms with Crippen LogP contribution in [0.1, 0.15) is 10.4 Å². The van der Waals surface area contributed by atoms with Gasteiger partial charge in [-0.1, -0.05) is 24.3 Å². The summed E-state index contributed by atoms with van der Waals surface area (Å²) in [6.45, 7) is 4.14. The molecule has 116 valence electrons. The predicted molar refractivity (Wildman–Crippen MR) is 86.3 cm³/mol. The molecule has 0 N–H and O–H groups in total. The fourth-order valence-electron chi connectivity index (χ4n) is 2.69. The predicted octanol–water partition coefficient (Wildman–Crippen LogP) is 2.77. The Morgan fingerprint density at radius 2 is 1.86 bits per heavy atom. The SMILES string of the molecule is O=C(Cc1ccccc1F)N1CCN(Cc2cccs2)CC1. The molecule has 5 heteroatoms. The zero-order valence-electron chi connectivity index (χ0n) is 12.4. The van der Waals surface area contributed by atoms with Crippen molar-refractivity contribution in [3.05, 3.63) is 58.0 Å². The molecule has 0 saturated carbocycles. The molecule has 1 aromatic heterocycles. The van der Waals surface area contributed by atoms with Gasteiger partial charge in [0.2, 0.25) is 5.91 Å². The van der Waals surface area contributed by atoms with Gasteiger partial charge in [-0.25, -0.2) is 4.39 Å². The Labute approximate surface area is 134 Å². The number of benzene rings is 1. The lowest BCUT2D eigenvalue weighted by molar-refractivity contribution is -0.132. The molecule has 3 nitrogen and oxygen atoms in total. The molecule has 0 bridgehead atoms. The molecule has 22 heavy (non-hydrogen) atoms. The van der Waals surface area contributed by atoms with Crippen LogP contribution in [0.4, 0.5) is 4.39 Å². The molecule has 1 aliphatic rings. The van der Waals surface area contributed by atoms with Crippen molar-refractivity contribution < 1.29 is 9.18 Å². The van der Waals surface area contributed by atoms with Crippen LogP contribution < -0.4 is 0 Å². The molecule has 1 fully saturated rings. The van der Waals surface area contributed by atoms with E-state index in [-0.39, 0.29) is 18.1 Å². The molecule has 0 unspecified atom stereocenters. The van der Waals surface area contributed by atoms with Gasteiger partial charge in [0.1, 0.15) is 5.82 Å². The van der Waals surface area contributed by atoms with Crippen molar-refractivity contribution in [1.29, 1.82) is 0 Å². The van der Waals surface area contributed by atoms with Crippen LogP contribution in [0.3, 0.4) is 0 Å². The first-order valence-corrected chi connectivity index (χ1v) is 8.36. The summed E-state index contributed by atoms with van der Waals surface area (Å²) in [5.41, 5.74) is 0.480. The molecule has 3 rings (SSSR count). The molecule has 0 atom stereocenters. The number of carbonyl (C=O) groups excluding carboxylic acids is 1. The highest BCUT2D eigenvalue weighted by molar-refractivity contribution is 7.09. The van der Waals surface area contributed by atoms with E-state index in [0.29, 0.717) is 5.56 Å². The van der Waals surface area contributed by atoms with Crippen molar-refractivity contribution in [3.63, 3.8) is 0 Å². The standard InChI is InChI=1S/C17H19FN2OS/c18-16-6-2-1-4-14(16)12-17(21)20-9-7-19(8-10-20)13-15-5-3-11-22-15/h1-6,11H,7-10,12-13H2. The number of rotatable bonds is 4. The summed E-state index contributed by atoms with van der Waals surface area (Å²) in [6.07, 6.45) is 0.150. The maximum absolute atomic E-state index is 13.6. The van der Waals surface area contributed by atoms with Crippen LogP contribution >= 0.6 is 11.3 Å². The average molecular weight is 318 g/mol. The Morgan fingerprint density at radius 3 is 2.55 bits per heavy atom. The average Bonchev–Trinajstić information content (AvgIpc) is 3.03. The zero-order chi connectivity index (χ0) is 15.4. The summed E-state index contributed by atoms with van der Waals surface area (Å²) >= 11 is 1.76. The lowest BCUT2D eigenvalue weighted by Crippen LogP contribution is -2.48. The Hall–Kier alpha value is -1.72. The number of piperazine rings is 1. The van der Waals surface area contributed by atoms with Crippen molar-refractivity contribution in [2.75, 3.05) is 26.2 Å². The first kappa shape index (κ1) is 15.2. The van der Waals surface area contributed by atoms with E-state index in [9.17, 15) is 9.18 Å². The van der Waals surface area contributed by atoms with E-state index in [1.807, 2.05) is 4.90 Å². The van der Waals surface area contributed by atoms with Crippen molar-refractivity contribution in [1.82, 2.24) is 9.80 Å². The molecule has 2 aromatic rings. The Bertz CT molecular complexity index is 621. The number of hydrogen-bond acceptors (Lipinski definition) is 3. The normalized spacial score (nSPS) is 16.0. The van der Waals surface area contributed by atoms with Gasteiger partial charge in [-0.3, -0.25) is 9.69 Å². The van der Waals surface area contributed by atoms with Gasteiger partial charge >= 0.3 is 0 Å². The second-order valence-electron chi connectivity index (χ2n) is 5.50. The second-order valence-corrected chi connectivity index (χ2v) is 6.54.